The minimum absolute atomic E-state index is 0.101. The Morgan fingerprint density at radius 2 is 1.76 bits per heavy atom. The van der Waals surface area contributed by atoms with Crippen LogP contribution in [0.3, 0.4) is 0 Å². The summed E-state index contributed by atoms with van der Waals surface area (Å²) in [5.74, 6) is 0. The molecule has 1 unspecified atom stereocenters. The van der Waals surface area contributed by atoms with Gasteiger partial charge in [0.1, 0.15) is 0 Å². The Labute approximate surface area is 154 Å². The molecule has 0 bridgehead atoms. The van der Waals surface area contributed by atoms with Gasteiger partial charge in [0.25, 0.3) is 0 Å². The molecule has 0 fully saturated rings. The number of hydrogen-bond acceptors (Lipinski definition) is 1. The molecule has 25 heavy (non-hydrogen) atoms. The highest BCUT2D eigenvalue weighted by atomic mass is 35.5. The molecule has 1 aliphatic heterocycles. The summed E-state index contributed by atoms with van der Waals surface area (Å²) in [6.45, 7) is 1.99. The third-order valence-electron chi connectivity index (χ3n) is 4.33. The summed E-state index contributed by atoms with van der Waals surface area (Å²) in [6.07, 6.45) is -2.96. The van der Waals surface area contributed by atoms with Gasteiger partial charge in [-0.3, -0.25) is 0 Å². The van der Waals surface area contributed by atoms with Crippen LogP contribution in [0.2, 0.25) is 10.0 Å². The third kappa shape index (κ3) is 3.38. The van der Waals surface area contributed by atoms with Gasteiger partial charge in [0, 0.05) is 22.0 Å². The van der Waals surface area contributed by atoms with Crippen molar-refractivity contribution in [2.24, 2.45) is 0 Å². The summed E-state index contributed by atoms with van der Waals surface area (Å²) in [7, 11) is 0. The van der Waals surface area contributed by atoms with Crippen LogP contribution in [0.5, 0.6) is 0 Å². The first kappa shape index (κ1) is 18.2. The maximum absolute atomic E-state index is 14.0. The molecular weight excluding hydrogens is 372 g/mol. The zero-order valence-corrected chi connectivity index (χ0v) is 14.8. The highest BCUT2D eigenvalue weighted by Gasteiger charge is 2.60. The lowest BCUT2D eigenvalue weighted by Gasteiger charge is -2.32. The largest absolute Gasteiger partial charge is 0.480 e. The molecule has 6 heteroatoms. The van der Waals surface area contributed by atoms with Crippen molar-refractivity contribution in [1.82, 2.24) is 0 Å². The van der Waals surface area contributed by atoms with Gasteiger partial charge in [0.05, 0.1) is 6.26 Å². The molecular formula is C19H15Cl2F3O. The zero-order chi connectivity index (χ0) is 18.2. The SMILES string of the molecule is CCc1cccc(C2=COC(c3cc(Cl)cc(Cl)c3)(C(F)(F)F)C2)c1. The third-order valence-corrected chi connectivity index (χ3v) is 4.77. The molecule has 0 spiro atoms. The van der Waals surface area contributed by atoms with Crippen molar-refractivity contribution in [2.75, 3.05) is 0 Å². The van der Waals surface area contributed by atoms with Crippen LogP contribution < -0.4 is 0 Å². The molecule has 2 aromatic carbocycles. The lowest BCUT2D eigenvalue weighted by atomic mass is 9.86. The van der Waals surface area contributed by atoms with Crippen LogP contribution in [0, 0.1) is 0 Å². The van der Waals surface area contributed by atoms with E-state index in [4.69, 9.17) is 27.9 Å². The Kier molecular flexibility index (Phi) is 4.78. The molecule has 132 valence electrons. The normalized spacial score (nSPS) is 20.3. The average molecular weight is 387 g/mol. The van der Waals surface area contributed by atoms with E-state index in [1.165, 1.54) is 24.5 Å². The Balaban J connectivity index is 2.03. The maximum Gasteiger partial charge on any atom is 0.432 e. The zero-order valence-electron chi connectivity index (χ0n) is 13.3. The predicted molar refractivity (Wildman–Crippen MR) is 93.7 cm³/mol. The molecule has 0 saturated heterocycles. The molecule has 0 saturated carbocycles. The first-order valence-electron chi connectivity index (χ1n) is 7.74. The van der Waals surface area contributed by atoms with Crippen LogP contribution in [-0.4, -0.2) is 6.18 Å². The van der Waals surface area contributed by atoms with E-state index in [9.17, 15) is 13.2 Å². The van der Waals surface area contributed by atoms with Gasteiger partial charge >= 0.3 is 6.18 Å². The highest BCUT2D eigenvalue weighted by Crippen LogP contribution is 2.52. The van der Waals surface area contributed by atoms with Gasteiger partial charge < -0.3 is 4.74 Å². The van der Waals surface area contributed by atoms with E-state index in [1.54, 1.807) is 6.07 Å². The number of rotatable bonds is 3. The van der Waals surface area contributed by atoms with Crippen molar-refractivity contribution in [1.29, 1.82) is 0 Å². The van der Waals surface area contributed by atoms with Crippen LogP contribution >= 0.6 is 23.2 Å². The fourth-order valence-corrected chi connectivity index (χ4v) is 3.50. The molecule has 0 N–H and O–H groups in total. The smallest absolute Gasteiger partial charge is 0.432 e. The lowest BCUT2D eigenvalue weighted by molar-refractivity contribution is -0.260. The molecule has 2 aromatic rings. The van der Waals surface area contributed by atoms with E-state index in [-0.39, 0.29) is 22.0 Å². The summed E-state index contributed by atoms with van der Waals surface area (Å²) < 4.78 is 47.1. The molecule has 0 aliphatic carbocycles. The Hall–Kier alpha value is -1.65. The number of alkyl halides is 3. The minimum atomic E-state index is -4.62. The van der Waals surface area contributed by atoms with E-state index in [0.29, 0.717) is 5.57 Å². The lowest BCUT2D eigenvalue weighted by Crippen LogP contribution is -2.42. The second-order valence-electron chi connectivity index (χ2n) is 5.97. The predicted octanol–water partition coefficient (Wildman–Crippen LogP) is 6.77. The number of halogens is 5. The molecule has 1 aliphatic rings. The van der Waals surface area contributed by atoms with Crippen molar-refractivity contribution in [3.05, 3.63) is 75.5 Å². The number of aryl methyl sites for hydroxylation is 1. The van der Waals surface area contributed by atoms with Gasteiger partial charge in [-0.05, 0) is 41.3 Å². The fourth-order valence-electron chi connectivity index (χ4n) is 2.97. The first-order chi connectivity index (χ1) is 11.7. The van der Waals surface area contributed by atoms with E-state index < -0.39 is 11.8 Å². The summed E-state index contributed by atoms with van der Waals surface area (Å²) >= 11 is 11.8. The van der Waals surface area contributed by atoms with Crippen LogP contribution in [-0.2, 0) is 16.8 Å². The monoisotopic (exact) mass is 386 g/mol. The molecule has 0 amide bonds. The summed E-state index contributed by atoms with van der Waals surface area (Å²) in [4.78, 5) is 0. The topological polar surface area (TPSA) is 9.23 Å². The first-order valence-corrected chi connectivity index (χ1v) is 8.50. The van der Waals surface area contributed by atoms with Crippen molar-refractivity contribution in [3.8, 4) is 0 Å². The van der Waals surface area contributed by atoms with Crippen molar-refractivity contribution in [3.63, 3.8) is 0 Å². The van der Waals surface area contributed by atoms with E-state index in [0.717, 1.165) is 17.5 Å². The summed E-state index contributed by atoms with van der Waals surface area (Å²) in [5, 5.41) is 0.271. The molecule has 1 atom stereocenters. The number of ether oxygens (including phenoxy) is 1. The summed E-state index contributed by atoms with van der Waals surface area (Å²) in [6, 6.07) is 11.3. The van der Waals surface area contributed by atoms with Gasteiger partial charge in [-0.15, -0.1) is 0 Å². The number of benzene rings is 2. The standard InChI is InChI=1S/C19H15Cl2F3O/c1-2-12-4-3-5-13(6-12)14-10-18(25-11-14,19(22,23)24)15-7-16(20)9-17(21)8-15/h3-9,11H,2,10H2,1H3. The van der Waals surface area contributed by atoms with E-state index >= 15 is 0 Å². The maximum atomic E-state index is 14.0. The van der Waals surface area contributed by atoms with E-state index in [2.05, 4.69) is 0 Å². The quantitative estimate of drug-likeness (QED) is 0.565. The van der Waals surface area contributed by atoms with Gasteiger partial charge in [0.2, 0.25) is 5.60 Å². The van der Waals surface area contributed by atoms with Crippen LogP contribution in [0.4, 0.5) is 13.2 Å². The van der Waals surface area contributed by atoms with Gasteiger partial charge in [-0.2, -0.15) is 13.2 Å². The highest BCUT2D eigenvalue weighted by molar-refractivity contribution is 6.34. The van der Waals surface area contributed by atoms with Crippen molar-refractivity contribution >= 4 is 28.8 Å². The Bertz CT molecular complexity index is 809. The second kappa shape index (κ2) is 6.58. The molecule has 1 heterocycles. The van der Waals surface area contributed by atoms with Gasteiger partial charge in [-0.25, -0.2) is 0 Å². The molecule has 0 radical (unpaired) electrons. The van der Waals surface area contributed by atoms with Crippen molar-refractivity contribution < 1.29 is 17.9 Å². The Morgan fingerprint density at radius 3 is 2.36 bits per heavy atom. The van der Waals surface area contributed by atoms with Gasteiger partial charge in [-0.1, -0.05) is 54.4 Å². The minimum Gasteiger partial charge on any atom is -0.480 e. The second-order valence-corrected chi connectivity index (χ2v) is 6.85. The summed E-state index contributed by atoms with van der Waals surface area (Å²) in [5.41, 5.74) is -0.328. The fraction of sp³-hybridized carbons (Fsp3) is 0.263. The molecule has 0 aromatic heterocycles. The Morgan fingerprint density at radius 1 is 1.08 bits per heavy atom. The number of hydrogen-bond donors (Lipinski definition) is 0. The van der Waals surface area contributed by atoms with Crippen LogP contribution in [0.1, 0.15) is 30.0 Å². The van der Waals surface area contributed by atoms with Crippen LogP contribution in [0.25, 0.3) is 5.57 Å². The molecule has 3 rings (SSSR count). The molecule has 1 nitrogen and oxygen atoms in total. The van der Waals surface area contributed by atoms with Crippen LogP contribution in [0.15, 0.2) is 48.7 Å². The average Bonchev–Trinajstić information content (AvgIpc) is 3.00. The van der Waals surface area contributed by atoms with Gasteiger partial charge in [0.15, 0.2) is 0 Å². The van der Waals surface area contributed by atoms with E-state index in [1.807, 2.05) is 25.1 Å². The van der Waals surface area contributed by atoms with Crippen molar-refractivity contribution in [2.45, 2.75) is 31.5 Å².